The van der Waals surface area contributed by atoms with Gasteiger partial charge < -0.3 is 0 Å². The summed E-state index contributed by atoms with van der Waals surface area (Å²) in [5.41, 5.74) is 2.82. The topological polar surface area (TPSA) is 59.7 Å². The van der Waals surface area contributed by atoms with E-state index in [1.807, 2.05) is 36.4 Å². The Bertz CT molecular complexity index is 728. The average molecular weight is 300 g/mol. The van der Waals surface area contributed by atoms with E-state index in [-0.39, 0.29) is 5.84 Å². The summed E-state index contributed by atoms with van der Waals surface area (Å²) in [6.07, 6.45) is 0. The largest absolute Gasteiger partial charge is 0.286 e. The first-order valence-electron chi connectivity index (χ1n) is 6.54. The van der Waals surface area contributed by atoms with Crippen LogP contribution in [0.25, 0.3) is 0 Å². The van der Waals surface area contributed by atoms with E-state index in [1.165, 1.54) is 0 Å². The molecule has 1 atom stereocenters. The number of benzene rings is 2. The van der Waals surface area contributed by atoms with Gasteiger partial charge in [0.05, 0.1) is 11.4 Å². The predicted octanol–water partition coefficient (Wildman–Crippen LogP) is 4.20. The van der Waals surface area contributed by atoms with Crippen LogP contribution >= 0.6 is 11.6 Å². The number of hydroxylamine groups is 2. The minimum atomic E-state index is -0.506. The van der Waals surface area contributed by atoms with E-state index in [0.29, 0.717) is 16.4 Å². The Labute approximate surface area is 127 Å². The number of nitrogens with zero attached hydrogens (tertiary/aromatic N) is 2. The molecule has 1 aliphatic rings. The highest BCUT2D eigenvalue weighted by Crippen LogP contribution is 2.38. The maximum absolute atomic E-state index is 10.5. The van der Waals surface area contributed by atoms with E-state index in [4.69, 9.17) is 17.0 Å². The molecule has 1 heterocycles. The molecule has 0 aliphatic carbocycles. The Morgan fingerprint density at radius 2 is 1.90 bits per heavy atom. The van der Waals surface area contributed by atoms with Gasteiger partial charge in [0.1, 0.15) is 6.04 Å². The van der Waals surface area contributed by atoms with Gasteiger partial charge in [0.2, 0.25) is 0 Å². The number of hydrogen-bond acceptors (Lipinski definition) is 3. The molecule has 21 heavy (non-hydrogen) atoms. The lowest BCUT2D eigenvalue weighted by Gasteiger charge is -2.27. The maximum Gasteiger partial charge on any atom is 0.167 e. The molecule has 0 spiro atoms. The molecule has 0 saturated heterocycles. The van der Waals surface area contributed by atoms with Gasteiger partial charge in [-0.1, -0.05) is 41.9 Å². The summed E-state index contributed by atoms with van der Waals surface area (Å²) in [5, 5.41) is 20.0. The molecule has 4 nitrogen and oxygen atoms in total. The fourth-order valence-corrected chi connectivity index (χ4v) is 2.64. The van der Waals surface area contributed by atoms with E-state index in [1.54, 1.807) is 19.1 Å². The standard InChI is InChI=1S/C16H14ClN3O/c1-10-16(18)20(21)15(11-5-3-2-4-6-11)13-9-12(17)7-8-14(13)19-10/h2-9,15,18,21H,1H3. The van der Waals surface area contributed by atoms with Crippen molar-refractivity contribution in [2.45, 2.75) is 13.0 Å². The van der Waals surface area contributed by atoms with E-state index in [0.717, 1.165) is 16.2 Å². The van der Waals surface area contributed by atoms with Gasteiger partial charge in [0.15, 0.2) is 5.84 Å². The summed E-state index contributed by atoms with van der Waals surface area (Å²) in [6.45, 7) is 1.71. The molecule has 1 unspecified atom stereocenters. The molecule has 2 N–H and O–H groups in total. The van der Waals surface area contributed by atoms with Crippen LogP contribution in [-0.2, 0) is 0 Å². The van der Waals surface area contributed by atoms with Crippen molar-refractivity contribution in [1.82, 2.24) is 5.06 Å². The van der Waals surface area contributed by atoms with Gasteiger partial charge >= 0.3 is 0 Å². The molecule has 0 amide bonds. The summed E-state index contributed by atoms with van der Waals surface area (Å²) >= 11 is 6.10. The lowest BCUT2D eigenvalue weighted by Crippen LogP contribution is -2.34. The van der Waals surface area contributed by atoms with Crippen molar-refractivity contribution in [1.29, 1.82) is 5.41 Å². The molecule has 0 bridgehead atoms. The maximum atomic E-state index is 10.5. The van der Waals surface area contributed by atoms with Gasteiger partial charge in [-0.2, -0.15) is 0 Å². The fraction of sp³-hybridized carbons (Fsp3) is 0.125. The van der Waals surface area contributed by atoms with Crippen LogP contribution in [0.5, 0.6) is 0 Å². The molecular formula is C16H14ClN3O. The first-order valence-corrected chi connectivity index (χ1v) is 6.92. The minimum absolute atomic E-state index is 0.0174. The van der Waals surface area contributed by atoms with Crippen LogP contribution in [0.4, 0.5) is 5.69 Å². The van der Waals surface area contributed by atoms with Crippen molar-refractivity contribution in [2.24, 2.45) is 4.99 Å². The zero-order chi connectivity index (χ0) is 15.0. The van der Waals surface area contributed by atoms with Gasteiger partial charge in [-0.3, -0.25) is 10.6 Å². The van der Waals surface area contributed by atoms with E-state index >= 15 is 0 Å². The second-order valence-electron chi connectivity index (χ2n) is 4.91. The normalized spacial score (nSPS) is 18.0. The number of rotatable bonds is 1. The van der Waals surface area contributed by atoms with Crippen molar-refractivity contribution in [3.8, 4) is 0 Å². The van der Waals surface area contributed by atoms with Gasteiger partial charge in [-0.25, -0.2) is 10.1 Å². The molecule has 2 aromatic carbocycles. The highest BCUT2D eigenvalue weighted by atomic mass is 35.5. The second kappa shape index (κ2) is 5.31. The second-order valence-corrected chi connectivity index (χ2v) is 5.34. The molecule has 1 aliphatic heterocycles. The number of hydrogen-bond donors (Lipinski definition) is 2. The Balaban J connectivity index is 2.24. The molecule has 5 heteroatoms. The summed E-state index contributed by atoms with van der Waals surface area (Å²) < 4.78 is 0. The Morgan fingerprint density at radius 1 is 1.19 bits per heavy atom. The number of fused-ring (bicyclic) bond motifs is 1. The van der Waals surface area contributed by atoms with Crippen LogP contribution in [0.1, 0.15) is 24.1 Å². The van der Waals surface area contributed by atoms with Crippen molar-refractivity contribution < 1.29 is 5.21 Å². The third-order valence-electron chi connectivity index (χ3n) is 3.50. The summed E-state index contributed by atoms with van der Waals surface area (Å²) in [4.78, 5) is 4.42. The number of nitrogens with one attached hydrogen (secondary N) is 1. The third-order valence-corrected chi connectivity index (χ3v) is 3.74. The lowest BCUT2D eigenvalue weighted by atomic mass is 9.97. The molecule has 0 aromatic heterocycles. The fourth-order valence-electron chi connectivity index (χ4n) is 2.46. The van der Waals surface area contributed by atoms with Crippen LogP contribution < -0.4 is 0 Å². The van der Waals surface area contributed by atoms with Crippen LogP contribution in [0.3, 0.4) is 0 Å². The zero-order valence-corrected chi connectivity index (χ0v) is 12.2. The van der Waals surface area contributed by atoms with Crippen LogP contribution in [0, 0.1) is 5.41 Å². The molecule has 3 rings (SSSR count). The average Bonchev–Trinajstić information content (AvgIpc) is 2.58. The molecular weight excluding hydrogens is 286 g/mol. The van der Waals surface area contributed by atoms with Crippen molar-refractivity contribution in [3.63, 3.8) is 0 Å². The Morgan fingerprint density at radius 3 is 2.62 bits per heavy atom. The Hall–Kier alpha value is -2.17. The van der Waals surface area contributed by atoms with Crippen molar-refractivity contribution in [2.75, 3.05) is 0 Å². The van der Waals surface area contributed by atoms with Crippen molar-refractivity contribution >= 4 is 28.8 Å². The summed E-state index contributed by atoms with van der Waals surface area (Å²) in [7, 11) is 0. The van der Waals surface area contributed by atoms with E-state index in [2.05, 4.69) is 4.99 Å². The summed E-state index contributed by atoms with van der Waals surface area (Å²) in [6, 6.07) is 14.4. The summed E-state index contributed by atoms with van der Waals surface area (Å²) in [5.74, 6) is -0.0174. The number of aliphatic imine (C=N–C) groups is 1. The lowest BCUT2D eigenvalue weighted by molar-refractivity contribution is -0.0399. The minimum Gasteiger partial charge on any atom is -0.286 e. The third kappa shape index (κ3) is 2.44. The van der Waals surface area contributed by atoms with Gasteiger partial charge in [0.25, 0.3) is 0 Å². The highest BCUT2D eigenvalue weighted by molar-refractivity contribution is 6.39. The SMILES string of the molecule is CC1=Nc2ccc(Cl)cc2C(c2ccccc2)N(O)C1=N. The molecule has 0 saturated carbocycles. The number of amidine groups is 1. The van der Waals surface area contributed by atoms with Crippen LogP contribution in [0.15, 0.2) is 53.5 Å². The van der Waals surface area contributed by atoms with Crippen molar-refractivity contribution in [3.05, 3.63) is 64.7 Å². The first-order chi connectivity index (χ1) is 10.1. The van der Waals surface area contributed by atoms with Gasteiger partial charge in [0, 0.05) is 10.6 Å². The molecule has 0 radical (unpaired) electrons. The first kappa shape index (κ1) is 13.8. The Kier molecular flexibility index (Phi) is 3.49. The monoisotopic (exact) mass is 299 g/mol. The van der Waals surface area contributed by atoms with E-state index in [9.17, 15) is 5.21 Å². The van der Waals surface area contributed by atoms with Crippen LogP contribution in [0.2, 0.25) is 5.02 Å². The highest BCUT2D eigenvalue weighted by Gasteiger charge is 2.29. The molecule has 106 valence electrons. The molecule has 0 fully saturated rings. The van der Waals surface area contributed by atoms with Gasteiger partial charge in [-0.15, -0.1) is 0 Å². The number of halogens is 1. The smallest absolute Gasteiger partial charge is 0.167 e. The zero-order valence-electron chi connectivity index (χ0n) is 11.4. The van der Waals surface area contributed by atoms with E-state index < -0.39 is 6.04 Å². The predicted molar refractivity (Wildman–Crippen MR) is 83.9 cm³/mol. The molecule has 2 aromatic rings. The quantitative estimate of drug-likeness (QED) is 0.829. The van der Waals surface area contributed by atoms with Gasteiger partial charge in [-0.05, 0) is 30.7 Å². The van der Waals surface area contributed by atoms with Crippen LogP contribution in [-0.4, -0.2) is 21.8 Å².